The predicted octanol–water partition coefficient (Wildman–Crippen LogP) is 2.97. The summed E-state index contributed by atoms with van der Waals surface area (Å²) in [6, 6.07) is 7.46. The highest BCUT2D eigenvalue weighted by Crippen LogP contribution is 2.29. The Hall–Kier alpha value is -3.37. The summed E-state index contributed by atoms with van der Waals surface area (Å²) in [5.74, 6) is 1.57. The molecule has 10 nitrogen and oxygen atoms in total. The van der Waals surface area contributed by atoms with Crippen molar-refractivity contribution in [1.29, 1.82) is 0 Å². The van der Waals surface area contributed by atoms with Crippen molar-refractivity contribution in [3.05, 3.63) is 45.8 Å². The van der Waals surface area contributed by atoms with Crippen LogP contribution in [-0.2, 0) is 11.8 Å². The van der Waals surface area contributed by atoms with Crippen molar-refractivity contribution >= 4 is 45.9 Å². The molecule has 0 spiro atoms. The van der Waals surface area contributed by atoms with Crippen LogP contribution >= 0.6 is 11.6 Å². The molecule has 0 aliphatic carbocycles. The number of nitrogens with zero attached hydrogens (tertiary/aromatic N) is 6. The molecular formula is C26H34ClN7O3. The van der Waals surface area contributed by atoms with E-state index in [1.54, 1.807) is 42.9 Å². The van der Waals surface area contributed by atoms with E-state index >= 15 is 0 Å². The minimum atomic E-state index is -0.175. The van der Waals surface area contributed by atoms with Crippen molar-refractivity contribution in [3.63, 3.8) is 0 Å². The monoisotopic (exact) mass is 527 g/mol. The molecule has 1 aliphatic rings. The van der Waals surface area contributed by atoms with Gasteiger partial charge in [0.05, 0.1) is 11.7 Å². The van der Waals surface area contributed by atoms with Gasteiger partial charge in [-0.15, -0.1) is 0 Å². The van der Waals surface area contributed by atoms with Crippen LogP contribution in [0.2, 0.25) is 5.02 Å². The number of fused-ring (bicyclic) bond motifs is 1. The first kappa shape index (κ1) is 26.7. The standard InChI is InChI=1S/C26H34ClN7O3/c1-31(2)12-13-37-22-15-18-14-19(6-7-21(18)33(5)25(22)36)29-23-20(27)16-28-26(30-23)34-10-8-17(9-11-34)24(35)32(3)4/h6-7,14-17H,8-13H2,1-5H3,(H,28,29,30). The molecule has 1 saturated heterocycles. The van der Waals surface area contributed by atoms with Gasteiger partial charge >= 0.3 is 0 Å². The molecule has 1 N–H and O–H groups in total. The van der Waals surface area contributed by atoms with E-state index in [2.05, 4.69) is 20.2 Å². The number of benzene rings is 1. The van der Waals surface area contributed by atoms with Gasteiger partial charge in [0.15, 0.2) is 11.6 Å². The Labute approximate surface area is 221 Å². The van der Waals surface area contributed by atoms with E-state index in [4.69, 9.17) is 16.3 Å². The van der Waals surface area contributed by atoms with Crippen molar-refractivity contribution in [3.8, 4) is 5.75 Å². The summed E-state index contributed by atoms with van der Waals surface area (Å²) in [6.07, 6.45) is 3.10. The number of aryl methyl sites for hydroxylation is 1. The van der Waals surface area contributed by atoms with Gasteiger partial charge in [-0.1, -0.05) is 11.6 Å². The molecule has 0 bridgehead atoms. The SMILES string of the molecule is CN(C)CCOc1cc2cc(Nc3nc(N4CCC(C(=O)N(C)C)CC4)ncc3Cl)ccc2n(C)c1=O. The Balaban J connectivity index is 1.53. The lowest BCUT2D eigenvalue weighted by molar-refractivity contribution is -0.133. The van der Waals surface area contributed by atoms with Crippen LogP contribution in [-0.4, -0.2) is 84.7 Å². The number of carbonyl (C=O) groups is 1. The number of anilines is 3. The van der Waals surface area contributed by atoms with E-state index in [0.717, 1.165) is 29.4 Å². The van der Waals surface area contributed by atoms with Crippen molar-refractivity contribution in [2.24, 2.45) is 13.0 Å². The molecule has 4 rings (SSSR count). The molecule has 0 saturated carbocycles. The second kappa shape index (κ2) is 11.4. The van der Waals surface area contributed by atoms with E-state index in [1.165, 1.54) is 0 Å². The van der Waals surface area contributed by atoms with Crippen LogP contribution < -0.4 is 20.5 Å². The number of piperidine rings is 1. The van der Waals surface area contributed by atoms with Gasteiger partial charge in [0.2, 0.25) is 11.9 Å². The van der Waals surface area contributed by atoms with Crippen molar-refractivity contribution in [2.45, 2.75) is 12.8 Å². The number of amides is 1. The smallest absolute Gasteiger partial charge is 0.293 e. The number of likely N-dealkylation sites (N-methyl/N-ethyl adjacent to an activating group) is 1. The zero-order valence-corrected chi connectivity index (χ0v) is 22.7. The lowest BCUT2D eigenvalue weighted by Crippen LogP contribution is -2.40. The van der Waals surface area contributed by atoms with Crippen LogP contribution in [0.3, 0.4) is 0 Å². The number of halogens is 1. The van der Waals surface area contributed by atoms with Crippen molar-refractivity contribution < 1.29 is 9.53 Å². The topological polar surface area (TPSA) is 95.8 Å². The molecule has 0 radical (unpaired) electrons. The normalized spacial score (nSPS) is 14.3. The maximum Gasteiger partial charge on any atom is 0.293 e. The summed E-state index contributed by atoms with van der Waals surface area (Å²) in [7, 11) is 9.23. The second-order valence-electron chi connectivity index (χ2n) is 9.78. The second-order valence-corrected chi connectivity index (χ2v) is 10.2. The molecule has 1 aromatic carbocycles. The summed E-state index contributed by atoms with van der Waals surface area (Å²) in [5.41, 5.74) is 1.39. The molecule has 1 aliphatic heterocycles. The number of nitrogens with one attached hydrogen (secondary N) is 1. The van der Waals surface area contributed by atoms with Gasteiger partial charge in [-0.3, -0.25) is 9.59 Å². The number of hydrogen-bond donors (Lipinski definition) is 1. The van der Waals surface area contributed by atoms with Crippen molar-refractivity contribution in [2.75, 3.05) is 64.6 Å². The minimum absolute atomic E-state index is 0.0291. The van der Waals surface area contributed by atoms with Gasteiger partial charge < -0.3 is 29.3 Å². The van der Waals surface area contributed by atoms with Crippen LogP contribution in [0.1, 0.15) is 12.8 Å². The van der Waals surface area contributed by atoms with Gasteiger partial charge in [0.25, 0.3) is 5.56 Å². The van der Waals surface area contributed by atoms with E-state index in [9.17, 15) is 9.59 Å². The Bertz CT molecular complexity index is 1330. The molecule has 198 valence electrons. The molecule has 1 amide bonds. The molecule has 1 fully saturated rings. The number of carbonyl (C=O) groups excluding carboxylic acids is 1. The number of hydrogen-bond acceptors (Lipinski definition) is 8. The van der Waals surface area contributed by atoms with Gasteiger partial charge in [-0.25, -0.2) is 4.98 Å². The largest absolute Gasteiger partial charge is 0.487 e. The van der Waals surface area contributed by atoms with Gasteiger partial charge in [0, 0.05) is 57.8 Å². The van der Waals surface area contributed by atoms with Crippen LogP contribution in [0, 0.1) is 5.92 Å². The lowest BCUT2D eigenvalue weighted by Gasteiger charge is -2.32. The molecule has 3 heterocycles. The Morgan fingerprint density at radius 1 is 1.19 bits per heavy atom. The third-order valence-corrected chi connectivity index (χ3v) is 6.83. The lowest BCUT2D eigenvalue weighted by atomic mass is 9.96. The summed E-state index contributed by atoms with van der Waals surface area (Å²) in [6.45, 7) is 2.53. The highest BCUT2D eigenvalue weighted by Gasteiger charge is 2.27. The molecule has 2 aromatic heterocycles. The quantitative estimate of drug-likeness (QED) is 0.477. The zero-order valence-electron chi connectivity index (χ0n) is 22.0. The fraction of sp³-hybridized carbons (Fsp3) is 0.462. The third-order valence-electron chi connectivity index (χ3n) is 6.55. The van der Waals surface area contributed by atoms with E-state index in [0.29, 0.717) is 48.8 Å². The van der Waals surface area contributed by atoms with E-state index in [1.807, 2.05) is 37.2 Å². The van der Waals surface area contributed by atoms with Gasteiger partial charge in [0.1, 0.15) is 11.6 Å². The first-order valence-electron chi connectivity index (χ1n) is 12.3. The molecule has 0 atom stereocenters. The van der Waals surface area contributed by atoms with Crippen LogP contribution in [0.15, 0.2) is 35.3 Å². The van der Waals surface area contributed by atoms with Crippen LogP contribution in [0.4, 0.5) is 17.5 Å². The fourth-order valence-corrected chi connectivity index (χ4v) is 4.54. The number of aromatic nitrogens is 3. The Kier molecular flexibility index (Phi) is 8.19. The maximum atomic E-state index is 12.7. The Morgan fingerprint density at radius 3 is 2.59 bits per heavy atom. The molecule has 11 heteroatoms. The first-order valence-corrected chi connectivity index (χ1v) is 12.7. The molecule has 37 heavy (non-hydrogen) atoms. The first-order chi connectivity index (χ1) is 17.6. The van der Waals surface area contributed by atoms with Crippen LogP contribution in [0.5, 0.6) is 5.75 Å². The highest BCUT2D eigenvalue weighted by atomic mass is 35.5. The van der Waals surface area contributed by atoms with Gasteiger partial charge in [-0.05, 0) is 51.2 Å². The van der Waals surface area contributed by atoms with E-state index < -0.39 is 0 Å². The average molecular weight is 528 g/mol. The summed E-state index contributed by atoms with van der Waals surface area (Å²) < 4.78 is 7.35. The minimum Gasteiger partial charge on any atom is -0.487 e. The zero-order chi connectivity index (χ0) is 26.7. The molecular weight excluding hydrogens is 494 g/mol. The van der Waals surface area contributed by atoms with Crippen LogP contribution in [0.25, 0.3) is 10.9 Å². The Morgan fingerprint density at radius 2 is 1.92 bits per heavy atom. The number of ether oxygens (including phenoxy) is 1. The fourth-order valence-electron chi connectivity index (χ4n) is 4.40. The summed E-state index contributed by atoms with van der Waals surface area (Å²) in [5, 5.41) is 4.54. The van der Waals surface area contributed by atoms with E-state index in [-0.39, 0.29) is 17.4 Å². The maximum absolute atomic E-state index is 12.7. The average Bonchev–Trinajstić information content (AvgIpc) is 2.87. The molecule has 3 aromatic rings. The number of pyridine rings is 1. The summed E-state index contributed by atoms with van der Waals surface area (Å²) >= 11 is 6.43. The number of rotatable bonds is 8. The predicted molar refractivity (Wildman–Crippen MR) is 147 cm³/mol. The van der Waals surface area contributed by atoms with Gasteiger partial charge in [-0.2, -0.15) is 4.98 Å². The highest BCUT2D eigenvalue weighted by molar-refractivity contribution is 6.32. The summed E-state index contributed by atoms with van der Waals surface area (Å²) in [4.78, 5) is 39.8. The molecule has 0 unspecified atom stereocenters. The van der Waals surface area contributed by atoms with Crippen molar-refractivity contribution in [1.82, 2.24) is 24.3 Å². The third kappa shape index (κ3) is 6.14.